The summed E-state index contributed by atoms with van der Waals surface area (Å²) in [5, 5.41) is 0. The molecule has 0 aliphatic carbocycles. The van der Waals surface area contributed by atoms with E-state index in [0.29, 0.717) is 23.5 Å². The Labute approximate surface area is 125 Å². The van der Waals surface area contributed by atoms with Gasteiger partial charge in [0.05, 0.1) is 11.5 Å². The summed E-state index contributed by atoms with van der Waals surface area (Å²) in [5.41, 5.74) is 6.08. The Morgan fingerprint density at radius 1 is 1.19 bits per heavy atom. The van der Waals surface area contributed by atoms with E-state index in [1.165, 1.54) is 4.31 Å². The first-order valence-electron chi connectivity index (χ1n) is 6.68. The molecule has 1 aromatic heterocycles. The van der Waals surface area contributed by atoms with Gasteiger partial charge in [0.2, 0.25) is 10.0 Å². The van der Waals surface area contributed by atoms with Gasteiger partial charge >= 0.3 is 0 Å². The largest absolute Gasteiger partial charge is 0.465 e. The highest BCUT2D eigenvalue weighted by Crippen LogP contribution is 2.29. The van der Waals surface area contributed by atoms with Gasteiger partial charge in [-0.15, -0.1) is 0 Å². The molecule has 0 radical (unpaired) electrons. The quantitative estimate of drug-likeness (QED) is 0.842. The van der Waals surface area contributed by atoms with E-state index >= 15 is 0 Å². The summed E-state index contributed by atoms with van der Waals surface area (Å²) >= 11 is 0. The van der Waals surface area contributed by atoms with Crippen molar-refractivity contribution >= 4 is 19.9 Å². The molecule has 21 heavy (non-hydrogen) atoms. The van der Waals surface area contributed by atoms with Crippen LogP contribution >= 0.6 is 0 Å². The summed E-state index contributed by atoms with van der Waals surface area (Å²) in [6.07, 6.45) is 0.301. The van der Waals surface area contributed by atoms with Crippen molar-refractivity contribution in [2.45, 2.75) is 31.7 Å². The maximum absolute atomic E-state index is 12.8. The highest BCUT2D eigenvalue weighted by Gasteiger charge is 2.34. The van der Waals surface area contributed by atoms with Crippen molar-refractivity contribution in [3.63, 3.8) is 0 Å². The molecule has 0 aromatic carbocycles. The lowest BCUT2D eigenvalue weighted by Crippen LogP contribution is -2.34. The minimum absolute atomic E-state index is 0.0200. The fourth-order valence-electron chi connectivity index (χ4n) is 2.57. The maximum Gasteiger partial charge on any atom is 0.246 e. The molecule has 1 aromatic rings. The summed E-state index contributed by atoms with van der Waals surface area (Å²) < 4.78 is 55.4. The van der Waals surface area contributed by atoms with E-state index in [4.69, 9.17) is 10.2 Å². The minimum atomic E-state index is -3.79. The van der Waals surface area contributed by atoms with Gasteiger partial charge in [-0.2, -0.15) is 4.31 Å². The number of sulfone groups is 1. The molecular weight excluding hydrogens is 316 g/mol. The van der Waals surface area contributed by atoms with E-state index in [1.54, 1.807) is 13.8 Å². The van der Waals surface area contributed by atoms with Gasteiger partial charge in [0, 0.05) is 25.2 Å². The SMILES string of the molecule is Cc1oc(C)c(S(=O)(=O)N2CCCS(=O)(=O)CC2)c1CN. The van der Waals surface area contributed by atoms with Crippen LogP contribution in [0.25, 0.3) is 0 Å². The lowest BCUT2D eigenvalue weighted by molar-refractivity contribution is 0.431. The standard InChI is InChI=1S/C12H20N2O5S2/c1-9-11(8-13)12(10(2)19-9)21(17,18)14-4-3-6-20(15,16)7-5-14/h3-8,13H2,1-2H3. The lowest BCUT2D eigenvalue weighted by Gasteiger charge is -2.19. The average Bonchev–Trinajstić information content (AvgIpc) is 2.54. The third-order valence-corrected chi connectivity index (χ3v) is 7.45. The number of hydrogen-bond donors (Lipinski definition) is 1. The van der Waals surface area contributed by atoms with Gasteiger partial charge in [-0.05, 0) is 20.3 Å². The Bertz CT molecular complexity index is 734. The van der Waals surface area contributed by atoms with Gasteiger partial charge < -0.3 is 10.2 Å². The Kier molecular flexibility index (Phi) is 4.48. The van der Waals surface area contributed by atoms with Gasteiger partial charge in [-0.1, -0.05) is 0 Å². The Morgan fingerprint density at radius 3 is 2.48 bits per heavy atom. The Hall–Kier alpha value is -0.900. The topological polar surface area (TPSA) is 111 Å². The predicted molar refractivity (Wildman–Crippen MR) is 78.1 cm³/mol. The molecule has 0 saturated carbocycles. The Morgan fingerprint density at radius 2 is 1.86 bits per heavy atom. The van der Waals surface area contributed by atoms with E-state index in [0.717, 1.165) is 0 Å². The monoisotopic (exact) mass is 336 g/mol. The maximum atomic E-state index is 12.8. The van der Waals surface area contributed by atoms with E-state index in [-0.39, 0.29) is 36.0 Å². The summed E-state index contributed by atoms with van der Waals surface area (Å²) in [6, 6.07) is 0. The second-order valence-electron chi connectivity index (χ2n) is 5.14. The van der Waals surface area contributed by atoms with Crippen LogP contribution in [0.3, 0.4) is 0 Å². The molecule has 9 heteroatoms. The van der Waals surface area contributed by atoms with Gasteiger partial charge in [0.1, 0.15) is 16.4 Å². The van der Waals surface area contributed by atoms with Crippen LogP contribution in [0.5, 0.6) is 0 Å². The van der Waals surface area contributed by atoms with Crippen LogP contribution in [0.2, 0.25) is 0 Å². The van der Waals surface area contributed by atoms with Gasteiger partial charge in [-0.25, -0.2) is 16.8 Å². The van der Waals surface area contributed by atoms with E-state index in [1.807, 2.05) is 0 Å². The third-order valence-electron chi connectivity index (χ3n) is 3.64. The van der Waals surface area contributed by atoms with Crippen LogP contribution in [0, 0.1) is 13.8 Å². The normalized spacial score (nSPS) is 20.3. The molecule has 120 valence electrons. The number of nitrogens with zero attached hydrogens (tertiary/aromatic N) is 1. The molecule has 0 spiro atoms. The van der Waals surface area contributed by atoms with Crippen molar-refractivity contribution in [1.82, 2.24) is 4.31 Å². The van der Waals surface area contributed by atoms with Crippen LogP contribution in [-0.4, -0.2) is 45.7 Å². The van der Waals surface area contributed by atoms with Crippen molar-refractivity contribution < 1.29 is 21.3 Å². The molecular formula is C12H20N2O5S2. The van der Waals surface area contributed by atoms with Crippen LogP contribution in [0.4, 0.5) is 0 Å². The molecule has 2 heterocycles. The summed E-state index contributed by atoms with van der Waals surface area (Å²) in [7, 11) is -6.96. The highest BCUT2D eigenvalue weighted by atomic mass is 32.2. The average molecular weight is 336 g/mol. The van der Waals surface area contributed by atoms with Crippen molar-refractivity contribution in [3.8, 4) is 0 Å². The molecule has 0 unspecified atom stereocenters. The molecule has 1 fully saturated rings. The smallest absolute Gasteiger partial charge is 0.246 e. The second kappa shape index (κ2) is 5.71. The molecule has 0 atom stereocenters. The molecule has 0 amide bonds. The summed E-state index contributed by atoms with van der Waals surface area (Å²) in [6.45, 7) is 3.46. The van der Waals surface area contributed by atoms with E-state index in [2.05, 4.69) is 0 Å². The highest BCUT2D eigenvalue weighted by molar-refractivity contribution is 7.91. The van der Waals surface area contributed by atoms with Gasteiger partial charge in [0.25, 0.3) is 0 Å². The van der Waals surface area contributed by atoms with Crippen LogP contribution in [-0.2, 0) is 26.4 Å². The zero-order valence-electron chi connectivity index (χ0n) is 12.1. The zero-order valence-corrected chi connectivity index (χ0v) is 13.8. The molecule has 2 rings (SSSR count). The number of nitrogens with two attached hydrogens (primary N) is 1. The molecule has 1 aliphatic rings. The number of hydrogen-bond acceptors (Lipinski definition) is 6. The predicted octanol–water partition coefficient (Wildman–Crippen LogP) is 0.164. The molecule has 1 aliphatic heterocycles. The van der Waals surface area contributed by atoms with E-state index < -0.39 is 19.9 Å². The van der Waals surface area contributed by atoms with Crippen LogP contribution in [0.15, 0.2) is 9.31 Å². The fourth-order valence-corrected chi connectivity index (χ4v) is 5.86. The second-order valence-corrected chi connectivity index (χ2v) is 9.31. The Balaban J connectivity index is 2.43. The number of rotatable bonds is 3. The molecule has 7 nitrogen and oxygen atoms in total. The van der Waals surface area contributed by atoms with Crippen LogP contribution in [0.1, 0.15) is 23.5 Å². The van der Waals surface area contributed by atoms with Crippen molar-refractivity contribution in [2.24, 2.45) is 5.73 Å². The van der Waals surface area contributed by atoms with Gasteiger partial charge in [0.15, 0.2) is 9.84 Å². The number of furan rings is 1. The fraction of sp³-hybridized carbons (Fsp3) is 0.667. The van der Waals surface area contributed by atoms with Crippen molar-refractivity contribution in [2.75, 3.05) is 24.6 Å². The zero-order chi connectivity index (χ0) is 15.8. The van der Waals surface area contributed by atoms with Crippen molar-refractivity contribution in [1.29, 1.82) is 0 Å². The first kappa shape index (κ1) is 16.5. The molecule has 1 saturated heterocycles. The number of aryl methyl sites for hydroxylation is 2. The van der Waals surface area contributed by atoms with Crippen LogP contribution < -0.4 is 5.73 Å². The summed E-state index contributed by atoms with van der Waals surface area (Å²) in [5.74, 6) is 0.641. The van der Waals surface area contributed by atoms with E-state index in [9.17, 15) is 16.8 Å². The number of sulfonamides is 1. The first-order chi connectivity index (χ1) is 9.69. The first-order valence-corrected chi connectivity index (χ1v) is 9.94. The summed E-state index contributed by atoms with van der Waals surface area (Å²) in [4.78, 5) is 0.0850. The molecule has 0 bridgehead atoms. The van der Waals surface area contributed by atoms with Crippen molar-refractivity contribution in [3.05, 3.63) is 17.1 Å². The minimum Gasteiger partial charge on any atom is -0.465 e. The third kappa shape index (κ3) is 3.15. The van der Waals surface area contributed by atoms with Gasteiger partial charge in [-0.3, -0.25) is 0 Å². The molecule has 2 N–H and O–H groups in total. The lowest BCUT2D eigenvalue weighted by atomic mass is 10.2.